The number of hydrogen-bond donors (Lipinski definition) is 1. The third kappa shape index (κ3) is 5.55. The van der Waals surface area contributed by atoms with Gasteiger partial charge in [0.05, 0.1) is 10.0 Å². The van der Waals surface area contributed by atoms with E-state index in [1.165, 1.54) is 10.8 Å². The van der Waals surface area contributed by atoms with Crippen LogP contribution in [-0.2, 0) is 11.3 Å². The number of benzene rings is 1. The fraction of sp³-hybridized carbons (Fsp3) is 0.333. The molecule has 0 aliphatic carbocycles. The van der Waals surface area contributed by atoms with E-state index in [1.807, 2.05) is 0 Å². The number of rotatable bonds is 8. The van der Waals surface area contributed by atoms with Crippen LogP contribution in [0.2, 0.25) is 10.0 Å². The second-order valence-corrected chi connectivity index (χ2v) is 6.94. The fourth-order valence-electron chi connectivity index (χ4n) is 2.24. The Hall–Kier alpha value is -2.38. The van der Waals surface area contributed by atoms with E-state index in [9.17, 15) is 14.7 Å². The molecule has 1 heterocycles. The molecule has 1 aromatic heterocycles. The SMILES string of the molecule is Cc1noc(=O)n1CC=CCCC(C)(N=Cc1ccc(Cl)c(Cl)c1)C(=O)O. The van der Waals surface area contributed by atoms with Crippen LogP contribution in [0.15, 0.2) is 44.7 Å². The Morgan fingerprint density at radius 3 is 2.70 bits per heavy atom. The Labute approximate surface area is 165 Å². The van der Waals surface area contributed by atoms with Crippen LogP contribution in [0.25, 0.3) is 0 Å². The van der Waals surface area contributed by atoms with Gasteiger partial charge in [0.25, 0.3) is 0 Å². The van der Waals surface area contributed by atoms with Crippen LogP contribution in [0.1, 0.15) is 31.2 Å². The molecule has 0 saturated heterocycles. The average molecular weight is 412 g/mol. The summed E-state index contributed by atoms with van der Waals surface area (Å²) in [6.45, 7) is 3.52. The molecule has 0 bridgehead atoms. The number of hydrogen-bond acceptors (Lipinski definition) is 5. The molecule has 7 nitrogen and oxygen atoms in total. The highest BCUT2D eigenvalue weighted by molar-refractivity contribution is 6.42. The second kappa shape index (κ2) is 9.01. The lowest BCUT2D eigenvalue weighted by molar-refractivity contribution is -0.142. The number of nitrogens with zero attached hydrogens (tertiary/aromatic N) is 3. The molecule has 0 spiro atoms. The Morgan fingerprint density at radius 2 is 2.11 bits per heavy atom. The summed E-state index contributed by atoms with van der Waals surface area (Å²) in [5, 5.41) is 13.9. The lowest BCUT2D eigenvalue weighted by atomic mass is 9.96. The summed E-state index contributed by atoms with van der Waals surface area (Å²) in [5.41, 5.74) is -0.629. The Kier molecular flexibility index (Phi) is 6.98. The van der Waals surface area contributed by atoms with Crippen LogP contribution in [-0.4, -0.2) is 32.6 Å². The molecular formula is C18H19Cl2N3O4. The third-order valence-electron chi connectivity index (χ3n) is 4.02. The van der Waals surface area contributed by atoms with Crippen LogP contribution in [0.4, 0.5) is 0 Å². The predicted octanol–water partition coefficient (Wildman–Crippen LogP) is 3.75. The summed E-state index contributed by atoms with van der Waals surface area (Å²) < 4.78 is 5.91. The molecular weight excluding hydrogens is 393 g/mol. The summed E-state index contributed by atoms with van der Waals surface area (Å²) in [4.78, 5) is 27.3. The van der Waals surface area contributed by atoms with Gasteiger partial charge in [-0.3, -0.25) is 14.1 Å². The van der Waals surface area contributed by atoms with E-state index in [-0.39, 0.29) is 6.42 Å². The van der Waals surface area contributed by atoms with Crippen molar-refractivity contribution in [3.63, 3.8) is 0 Å². The van der Waals surface area contributed by atoms with Gasteiger partial charge in [0.2, 0.25) is 0 Å². The van der Waals surface area contributed by atoms with Gasteiger partial charge in [-0.05, 0) is 44.4 Å². The molecule has 0 fully saturated rings. The summed E-state index contributed by atoms with van der Waals surface area (Å²) >= 11 is 11.8. The quantitative estimate of drug-likeness (QED) is 0.526. The Morgan fingerprint density at radius 1 is 1.37 bits per heavy atom. The van der Waals surface area contributed by atoms with Crippen molar-refractivity contribution in [3.8, 4) is 0 Å². The van der Waals surface area contributed by atoms with Gasteiger partial charge in [0.15, 0.2) is 11.4 Å². The minimum atomic E-state index is -1.29. The van der Waals surface area contributed by atoms with Gasteiger partial charge in [-0.2, -0.15) is 0 Å². The van der Waals surface area contributed by atoms with Crippen LogP contribution >= 0.6 is 23.2 Å². The van der Waals surface area contributed by atoms with Crippen LogP contribution in [0.3, 0.4) is 0 Å². The first-order valence-corrected chi connectivity index (χ1v) is 8.90. The summed E-state index contributed by atoms with van der Waals surface area (Å²) in [7, 11) is 0. The van der Waals surface area contributed by atoms with Crippen molar-refractivity contribution >= 4 is 35.4 Å². The molecule has 0 aliphatic rings. The van der Waals surface area contributed by atoms with E-state index in [1.54, 1.807) is 44.2 Å². The minimum Gasteiger partial charge on any atom is -0.479 e. The first kappa shape index (κ1) is 20.9. The number of aliphatic imine (C=N–C) groups is 1. The van der Waals surface area contributed by atoms with Crippen molar-refractivity contribution < 1.29 is 14.4 Å². The number of aryl methyl sites for hydroxylation is 1. The van der Waals surface area contributed by atoms with Crippen molar-refractivity contribution in [3.05, 3.63) is 62.3 Å². The maximum absolute atomic E-state index is 11.7. The Bertz CT molecular complexity index is 933. The zero-order chi connectivity index (χ0) is 20.0. The lowest BCUT2D eigenvalue weighted by Gasteiger charge is -2.19. The van der Waals surface area contributed by atoms with Crippen molar-refractivity contribution in [2.24, 2.45) is 4.99 Å². The van der Waals surface area contributed by atoms with Crippen molar-refractivity contribution in [1.29, 1.82) is 0 Å². The lowest BCUT2D eigenvalue weighted by Crippen LogP contribution is -2.33. The highest BCUT2D eigenvalue weighted by atomic mass is 35.5. The summed E-state index contributed by atoms with van der Waals surface area (Å²) in [6, 6.07) is 4.95. The molecule has 2 rings (SSSR count). The zero-order valence-electron chi connectivity index (χ0n) is 14.9. The normalized spacial score (nSPS) is 14.1. The number of aromatic nitrogens is 2. The van der Waals surface area contributed by atoms with Gasteiger partial charge in [-0.1, -0.05) is 46.6 Å². The van der Waals surface area contributed by atoms with Crippen molar-refractivity contribution in [2.45, 2.75) is 38.8 Å². The van der Waals surface area contributed by atoms with Gasteiger partial charge in [-0.25, -0.2) is 9.59 Å². The van der Waals surface area contributed by atoms with Gasteiger partial charge in [0.1, 0.15) is 0 Å². The van der Waals surface area contributed by atoms with Crippen molar-refractivity contribution in [2.75, 3.05) is 0 Å². The van der Waals surface area contributed by atoms with E-state index in [0.29, 0.717) is 34.4 Å². The molecule has 1 atom stereocenters. The number of carboxylic acid groups (broad SMARTS) is 1. The molecule has 1 aromatic carbocycles. The first-order chi connectivity index (χ1) is 12.7. The van der Waals surface area contributed by atoms with E-state index >= 15 is 0 Å². The van der Waals surface area contributed by atoms with Crippen molar-refractivity contribution in [1.82, 2.24) is 9.72 Å². The number of aliphatic carboxylic acids is 1. The Balaban J connectivity index is 2.00. The molecule has 1 unspecified atom stereocenters. The maximum Gasteiger partial charge on any atom is 0.441 e. The van der Waals surface area contributed by atoms with E-state index in [0.717, 1.165) is 0 Å². The summed E-state index contributed by atoms with van der Waals surface area (Å²) in [6.07, 6.45) is 5.79. The van der Waals surface area contributed by atoms with Gasteiger partial charge in [-0.15, -0.1) is 0 Å². The molecule has 0 aliphatic heterocycles. The molecule has 0 saturated carbocycles. The smallest absolute Gasteiger partial charge is 0.441 e. The standard InChI is InChI=1S/C18H19Cl2N3O4/c1-12-22-27-17(26)23(12)9-5-3-4-8-18(2,16(24)25)21-11-13-6-7-14(19)15(20)10-13/h3,5-7,10-11H,4,8-9H2,1-2H3,(H,24,25). The highest BCUT2D eigenvalue weighted by Crippen LogP contribution is 2.23. The molecule has 0 radical (unpaired) electrons. The van der Waals surface area contributed by atoms with Crippen LogP contribution in [0, 0.1) is 6.92 Å². The largest absolute Gasteiger partial charge is 0.479 e. The molecule has 9 heteroatoms. The van der Waals surface area contributed by atoms with Gasteiger partial charge < -0.3 is 5.11 Å². The number of carboxylic acids is 1. The minimum absolute atomic E-state index is 0.286. The van der Waals surface area contributed by atoms with E-state index < -0.39 is 17.3 Å². The summed E-state index contributed by atoms with van der Waals surface area (Å²) in [5.74, 6) is -1.08. The van der Waals surface area contributed by atoms with E-state index in [2.05, 4.69) is 14.7 Å². The first-order valence-electron chi connectivity index (χ1n) is 8.15. The van der Waals surface area contributed by atoms with Crippen LogP contribution in [0.5, 0.6) is 0 Å². The maximum atomic E-state index is 11.7. The molecule has 2 aromatic rings. The third-order valence-corrected chi connectivity index (χ3v) is 4.76. The number of halogens is 2. The van der Waals surface area contributed by atoms with Crippen LogP contribution < -0.4 is 5.76 Å². The van der Waals surface area contributed by atoms with Gasteiger partial charge in [0, 0.05) is 12.8 Å². The second-order valence-electron chi connectivity index (χ2n) is 6.13. The molecule has 144 valence electrons. The monoisotopic (exact) mass is 411 g/mol. The van der Waals surface area contributed by atoms with Gasteiger partial charge >= 0.3 is 11.7 Å². The predicted molar refractivity (Wildman–Crippen MR) is 104 cm³/mol. The molecule has 1 N–H and O–H groups in total. The molecule has 0 amide bonds. The number of allylic oxidation sites excluding steroid dienone is 2. The van der Waals surface area contributed by atoms with E-state index in [4.69, 9.17) is 23.2 Å². The highest BCUT2D eigenvalue weighted by Gasteiger charge is 2.30. The average Bonchev–Trinajstić information content (AvgIpc) is 2.94. The number of carbonyl (C=O) groups is 1. The fourth-order valence-corrected chi connectivity index (χ4v) is 2.55. The zero-order valence-corrected chi connectivity index (χ0v) is 16.4. The molecule has 27 heavy (non-hydrogen) atoms. The topological polar surface area (TPSA) is 97.7 Å².